The Labute approximate surface area is 197 Å². The summed E-state index contributed by atoms with van der Waals surface area (Å²) < 4.78 is 21.9. The van der Waals surface area contributed by atoms with E-state index in [0.29, 0.717) is 12.2 Å². The van der Waals surface area contributed by atoms with Crippen LogP contribution in [0.3, 0.4) is 0 Å². The zero-order valence-electron chi connectivity index (χ0n) is 19.9. The smallest absolute Gasteiger partial charge is 0.408 e. The number of hydrogen-bond donors (Lipinski definition) is 1. The van der Waals surface area contributed by atoms with Gasteiger partial charge >= 0.3 is 12.1 Å². The molecule has 2 aromatic carbocycles. The maximum absolute atomic E-state index is 12.9. The molecule has 0 saturated carbocycles. The summed E-state index contributed by atoms with van der Waals surface area (Å²) in [6.45, 7) is 8.95. The third kappa shape index (κ3) is 6.37. The van der Waals surface area contributed by atoms with E-state index in [2.05, 4.69) is 5.32 Å². The number of nitrogens with one attached hydrogen (secondary N) is 1. The van der Waals surface area contributed by atoms with Crippen molar-refractivity contribution in [3.63, 3.8) is 0 Å². The third-order valence-electron chi connectivity index (χ3n) is 5.04. The summed E-state index contributed by atoms with van der Waals surface area (Å²) in [5.74, 6) is -0.117. The number of alkyl carbamates (subject to hydrolysis) is 1. The normalized spacial score (nSPS) is 13.1. The number of esters is 1. The largest absolute Gasteiger partial charge is 0.460 e. The summed E-state index contributed by atoms with van der Waals surface area (Å²) in [7, 11) is 0. The summed E-state index contributed by atoms with van der Waals surface area (Å²) in [6.07, 6.45) is 1.15. The van der Waals surface area contributed by atoms with Gasteiger partial charge in [-0.3, -0.25) is 4.79 Å². The van der Waals surface area contributed by atoms with Crippen LogP contribution in [0.25, 0.3) is 11.0 Å². The fourth-order valence-electron chi connectivity index (χ4n) is 3.12. The first-order chi connectivity index (χ1) is 16.1. The van der Waals surface area contributed by atoms with Crippen LogP contribution in [0.5, 0.6) is 17.2 Å². The first kappa shape index (κ1) is 24.8. The fraction of sp³-hybridized carbons (Fsp3) is 0.346. The fourth-order valence-corrected chi connectivity index (χ4v) is 3.12. The standard InChI is InChI=1S/C26H29NO7/c1-6-16(2)22(27-25(30)34-26(3,4)5)24(29)33-18-12-13-19-20(14-18)31-15-21(23(19)28)32-17-10-8-7-9-11-17/h7-16,22H,6H2,1-5H3,(H,27,30)/t16-,22-/m0/s1. The minimum absolute atomic E-state index is 0.0434. The van der Waals surface area contributed by atoms with E-state index in [0.717, 1.165) is 0 Å². The topological polar surface area (TPSA) is 104 Å². The SMILES string of the molecule is CC[C@H](C)[C@H](NC(=O)OC(C)(C)C)C(=O)Oc1ccc2c(=O)c(Oc3ccccc3)coc2c1. The molecule has 1 heterocycles. The summed E-state index contributed by atoms with van der Waals surface area (Å²) in [5, 5.41) is 2.87. The monoisotopic (exact) mass is 467 g/mol. The summed E-state index contributed by atoms with van der Waals surface area (Å²) in [6, 6.07) is 12.4. The van der Waals surface area contributed by atoms with Crippen LogP contribution in [0.1, 0.15) is 41.0 Å². The van der Waals surface area contributed by atoms with Crippen molar-refractivity contribution >= 4 is 23.0 Å². The molecule has 0 radical (unpaired) electrons. The highest BCUT2D eigenvalue weighted by Gasteiger charge is 2.30. The van der Waals surface area contributed by atoms with Gasteiger partial charge in [-0.05, 0) is 51.0 Å². The molecule has 1 aromatic heterocycles. The lowest BCUT2D eigenvalue weighted by atomic mass is 9.99. The predicted molar refractivity (Wildman–Crippen MR) is 127 cm³/mol. The number of para-hydroxylation sites is 1. The van der Waals surface area contributed by atoms with Crippen LogP contribution in [-0.2, 0) is 9.53 Å². The Hall–Kier alpha value is -3.81. The number of hydrogen-bond acceptors (Lipinski definition) is 7. The van der Waals surface area contributed by atoms with E-state index in [4.69, 9.17) is 18.6 Å². The highest BCUT2D eigenvalue weighted by Crippen LogP contribution is 2.24. The molecule has 2 atom stereocenters. The summed E-state index contributed by atoms with van der Waals surface area (Å²) in [5.41, 5.74) is -0.824. The summed E-state index contributed by atoms with van der Waals surface area (Å²) in [4.78, 5) is 37.9. The molecule has 8 heteroatoms. The Kier molecular flexibility index (Phi) is 7.61. The van der Waals surface area contributed by atoms with Crippen molar-refractivity contribution in [3.8, 4) is 17.2 Å². The number of carbonyl (C=O) groups excluding carboxylic acids is 2. The molecule has 0 aliphatic rings. The van der Waals surface area contributed by atoms with Gasteiger partial charge in [-0.15, -0.1) is 0 Å². The molecule has 8 nitrogen and oxygen atoms in total. The second-order valence-electron chi connectivity index (χ2n) is 8.93. The molecule has 0 aliphatic heterocycles. The Morgan fingerprint density at radius 3 is 2.41 bits per heavy atom. The van der Waals surface area contributed by atoms with Gasteiger partial charge in [-0.1, -0.05) is 38.5 Å². The predicted octanol–water partition coefficient (Wildman–Crippen LogP) is 5.43. The third-order valence-corrected chi connectivity index (χ3v) is 5.04. The van der Waals surface area contributed by atoms with Crippen molar-refractivity contribution < 1.29 is 28.2 Å². The zero-order chi connectivity index (χ0) is 24.9. The van der Waals surface area contributed by atoms with Gasteiger partial charge in [-0.25, -0.2) is 9.59 Å². The number of fused-ring (bicyclic) bond motifs is 1. The van der Waals surface area contributed by atoms with Crippen molar-refractivity contribution in [2.24, 2.45) is 5.92 Å². The summed E-state index contributed by atoms with van der Waals surface area (Å²) >= 11 is 0. The minimum Gasteiger partial charge on any atom is -0.460 e. The maximum Gasteiger partial charge on any atom is 0.408 e. The lowest BCUT2D eigenvalue weighted by Crippen LogP contribution is -2.48. The van der Waals surface area contributed by atoms with Crippen molar-refractivity contribution in [2.75, 3.05) is 0 Å². The first-order valence-electron chi connectivity index (χ1n) is 11.1. The number of amides is 1. The molecule has 0 bridgehead atoms. The first-order valence-corrected chi connectivity index (χ1v) is 11.1. The molecule has 1 N–H and O–H groups in total. The molecule has 1 amide bonds. The number of ether oxygens (including phenoxy) is 3. The Balaban J connectivity index is 1.78. The highest BCUT2D eigenvalue weighted by molar-refractivity contribution is 5.85. The Morgan fingerprint density at radius 2 is 1.76 bits per heavy atom. The molecule has 0 saturated heterocycles. The maximum atomic E-state index is 12.9. The van der Waals surface area contributed by atoms with Crippen molar-refractivity contribution in [2.45, 2.75) is 52.7 Å². The molecule has 0 aliphatic carbocycles. The van der Waals surface area contributed by atoms with Crippen LogP contribution < -0.4 is 20.2 Å². The molecule has 0 spiro atoms. The Morgan fingerprint density at radius 1 is 1.06 bits per heavy atom. The van der Waals surface area contributed by atoms with Crippen LogP contribution in [-0.4, -0.2) is 23.7 Å². The number of rotatable bonds is 7. The van der Waals surface area contributed by atoms with Gasteiger partial charge in [0.1, 0.15) is 35.0 Å². The van der Waals surface area contributed by atoms with Crippen LogP contribution in [0, 0.1) is 5.92 Å². The van der Waals surface area contributed by atoms with Gasteiger partial charge in [0.15, 0.2) is 0 Å². The lowest BCUT2D eigenvalue weighted by molar-refractivity contribution is -0.138. The van der Waals surface area contributed by atoms with Crippen molar-refractivity contribution in [3.05, 3.63) is 65.0 Å². The van der Waals surface area contributed by atoms with E-state index >= 15 is 0 Å². The molecule has 180 valence electrons. The van der Waals surface area contributed by atoms with Crippen molar-refractivity contribution in [1.29, 1.82) is 0 Å². The molecule has 0 fully saturated rings. The second kappa shape index (κ2) is 10.4. The quantitative estimate of drug-likeness (QED) is 0.365. The molecule has 34 heavy (non-hydrogen) atoms. The van der Waals surface area contributed by atoms with Crippen LogP contribution in [0.15, 0.2) is 64.0 Å². The highest BCUT2D eigenvalue weighted by atomic mass is 16.6. The van der Waals surface area contributed by atoms with Crippen LogP contribution >= 0.6 is 0 Å². The average Bonchev–Trinajstić information content (AvgIpc) is 2.78. The Bertz CT molecular complexity index is 1210. The van der Waals surface area contributed by atoms with Crippen molar-refractivity contribution in [1.82, 2.24) is 5.32 Å². The van der Waals surface area contributed by atoms with E-state index in [1.54, 1.807) is 45.0 Å². The second-order valence-corrected chi connectivity index (χ2v) is 8.93. The zero-order valence-corrected chi connectivity index (χ0v) is 19.9. The molecule has 3 rings (SSSR count). The molecule has 0 unspecified atom stereocenters. The van der Waals surface area contributed by atoms with Crippen LogP contribution in [0.2, 0.25) is 0 Å². The average molecular weight is 468 g/mol. The van der Waals surface area contributed by atoms with Gasteiger partial charge in [-0.2, -0.15) is 0 Å². The minimum atomic E-state index is -0.913. The van der Waals surface area contributed by atoms with Gasteiger partial charge in [0, 0.05) is 6.07 Å². The number of benzene rings is 2. The van der Waals surface area contributed by atoms with E-state index in [-0.39, 0.29) is 33.8 Å². The van der Waals surface area contributed by atoms with E-state index < -0.39 is 23.7 Å². The van der Waals surface area contributed by atoms with Gasteiger partial charge in [0.25, 0.3) is 0 Å². The molecule has 3 aromatic rings. The van der Waals surface area contributed by atoms with Crippen LogP contribution in [0.4, 0.5) is 4.79 Å². The van der Waals surface area contributed by atoms with Gasteiger partial charge in [0.05, 0.1) is 5.39 Å². The van der Waals surface area contributed by atoms with E-state index in [9.17, 15) is 14.4 Å². The molecular weight excluding hydrogens is 438 g/mol. The molecular formula is C26H29NO7. The van der Waals surface area contributed by atoms with Gasteiger partial charge < -0.3 is 23.9 Å². The van der Waals surface area contributed by atoms with E-state index in [1.165, 1.54) is 24.5 Å². The number of carbonyl (C=O) groups is 2. The lowest BCUT2D eigenvalue weighted by Gasteiger charge is -2.25. The van der Waals surface area contributed by atoms with E-state index in [1.807, 2.05) is 19.9 Å². The van der Waals surface area contributed by atoms with Gasteiger partial charge in [0.2, 0.25) is 11.2 Å².